The molecule has 4 heteroatoms. The Morgan fingerprint density at radius 1 is 1.56 bits per heavy atom. The molecule has 0 amide bonds. The van der Waals surface area contributed by atoms with Crippen LogP contribution in [0.1, 0.15) is 24.4 Å². The van der Waals surface area contributed by atoms with E-state index in [1.165, 1.54) is 6.07 Å². The largest absolute Gasteiger partial charge is 0.324 e. The second kappa shape index (κ2) is 5.25. The highest BCUT2D eigenvalue weighted by atomic mass is 79.9. The lowest BCUT2D eigenvalue weighted by Gasteiger charge is -2.17. The van der Waals surface area contributed by atoms with E-state index in [2.05, 4.69) is 21.2 Å². The smallest absolute Gasteiger partial charge is 0.128 e. The molecule has 1 heterocycles. The minimum absolute atomic E-state index is 0.206. The number of nitrogens with one attached hydrogen (secondary N) is 1. The lowest BCUT2D eigenvalue weighted by Crippen LogP contribution is -2.18. The Kier molecular flexibility index (Phi) is 3.95. The van der Waals surface area contributed by atoms with E-state index >= 15 is 0 Å². The summed E-state index contributed by atoms with van der Waals surface area (Å²) < 4.78 is 14.5. The molecule has 1 aliphatic rings. The number of hydrogen-bond donors (Lipinski definition) is 2. The number of nitrogens with two attached hydrogens (primary N) is 1. The van der Waals surface area contributed by atoms with Crippen LogP contribution in [0.25, 0.3) is 0 Å². The molecule has 0 aliphatic carbocycles. The molecule has 16 heavy (non-hydrogen) atoms. The first-order valence-corrected chi connectivity index (χ1v) is 6.37. The van der Waals surface area contributed by atoms with Crippen molar-refractivity contribution in [3.05, 3.63) is 34.1 Å². The molecule has 88 valence electrons. The van der Waals surface area contributed by atoms with Crippen LogP contribution < -0.4 is 11.1 Å². The van der Waals surface area contributed by atoms with Gasteiger partial charge in [-0.15, -0.1) is 0 Å². The SMILES string of the molecule is NC(CC1CCNC1)c1cc(Br)ccc1F. The molecule has 0 aromatic heterocycles. The molecule has 1 aliphatic heterocycles. The number of hydrogen-bond acceptors (Lipinski definition) is 2. The molecule has 0 bridgehead atoms. The molecule has 2 unspecified atom stereocenters. The van der Waals surface area contributed by atoms with Gasteiger partial charge < -0.3 is 11.1 Å². The third kappa shape index (κ3) is 2.81. The highest BCUT2D eigenvalue weighted by Gasteiger charge is 2.20. The standard InChI is InChI=1S/C12H16BrFN2/c13-9-1-2-11(14)10(6-9)12(15)5-8-3-4-16-7-8/h1-2,6,8,12,16H,3-5,7,15H2. The van der Waals surface area contributed by atoms with Gasteiger partial charge in [0.25, 0.3) is 0 Å². The first-order valence-electron chi connectivity index (χ1n) is 5.58. The van der Waals surface area contributed by atoms with Gasteiger partial charge >= 0.3 is 0 Å². The van der Waals surface area contributed by atoms with Gasteiger partial charge in [0.1, 0.15) is 5.82 Å². The fourth-order valence-corrected chi connectivity index (χ4v) is 2.58. The molecule has 1 aromatic rings. The van der Waals surface area contributed by atoms with E-state index in [9.17, 15) is 4.39 Å². The minimum atomic E-state index is -0.207. The summed E-state index contributed by atoms with van der Waals surface area (Å²) in [6.07, 6.45) is 1.99. The van der Waals surface area contributed by atoms with E-state index in [4.69, 9.17) is 5.73 Å². The van der Waals surface area contributed by atoms with E-state index in [1.807, 2.05) is 0 Å². The molecular weight excluding hydrogens is 271 g/mol. The quantitative estimate of drug-likeness (QED) is 0.896. The Hall–Kier alpha value is -0.450. The molecule has 0 saturated carbocycles. The van der Waals surface area contributed by atoms with E-state index < -0.39 is 0 Å². The van der Waals surface area contributed by atoms with Crippen molar-refractivity contribution in [2.45, 2.75) is 18.9 Å². The van der Waals surface area contributed by atoms with Crippen molar-refractivity contribution in [1.82, 2.24) is 5.32 Å². The Bertz CT molecular complexity index is 364. The minimum Gasteiger partial charge on any atom is -0.324 e. The van der Waals surface area contributed by atoms with Gasteiger partial charge in [0, 0.05) is 16.1 Å². The highest BCUT2D eigenvalue weighted by molar-refractivity contribution is 9.10. The predicted octanol–water partition coefficient (Wildman–Crippen LogP) is 2.59. The van der Waals surface area contributed by atoms with Crippen LogP contribution in [0.2, 0.25) is 0 Å². The first-order chi connectivity index (χ1) is 7.66. The molecule has 2 atom stereocenters. The van der Waals surface area contributed by atoms with E-state index in [-0.39, 0.29) is 11.9 Å². The lowest BCUT2D eigenvalue weighted by atomic mass is 9.94. The van der Waals surface area contributed by atoms with E-state index in [0.717, 1.165) is 30.4 Å². The summed E-state index contributed by atoms with van der Waals surface area (Å²) in [4.78, 5) is 0. The first kappa shape index (κ1) is 12.0. The van der Waals surface area contributed by atoms with Crippen LogP contribution in [0.15, 0.2) is 22.7 Å². The van der Waals surface area contributed by atoms with Crippen molar-refractivity contribution < 1.29 is 4.39 Å². The molecule has 1 fully saturated rings. The maximum absolute atomic E-state index is 13.6. The van der Waals surface area contributed by atoms with Gasteiger partial charge in [0.2, 0.25) is 0 Å². The zero-order valence-corrected chi connectivity index (χ0v) is 10.6. The predicted molar refractivity (Wildman–Crippen MR) is 66.6 cm³/mol. The van der Waals surface area contributed by atoms with Crippen LogP contribution in [0.5, 0.6) is 0 Å². The Labute approximate surface area is 104 Å². The maximum Gasteiger partial charge on any atom is 0.128 e. The average Bonchev–Trinajstić information content (AvgIpc) is 2.74. The molecule has 3 N–H and O–H groups in total. The molecule has 2 rings (SSSR count). The molecule has 0 radical (unpaired) electrons. The van der Waals surface area contributed by atoms with Gasteiger partial charge in [-0.2, -0.15) is 0 Å². The second-order valence-corrected chi connectivity index (χ2v) is 5.28. The molecular formula is C12H16BrFN2. The monoisotopic (exact) mass is 286 g/mol. The molecule has 0 spiro atoms. The molecule has 2 nitrogen and oxygen atoms in total. The Morgan fingerprint density at radius 3 is 3.06 bits per heavy atom. The summed E-state index contributed by atoms with van der Waals surface area (Å²) >= 11 is 3.34. The molecule has 1 aromatic carbocycles. The van der Waals surface area contributed by atoms with E-state index in [1.54, 1.807) is 12.1 Å². The summed E-state index contributed by atoms with van der Waals surface area (Å²) in [7, 11) is 0. The summed E-state index contributed by atoms with van der Waals surface area (Å²) in [5, 5.41) is 3.30. The molecule has 1 saturated heterocycles. The maximum atomic E-state index is 13.6. The van der Waals surface area contributed by atoms with E-state index in [0.29, 0.717) is 11.5 Å². The van der Waals surface area contributed by atoms with Crippen molar-refractivity contribution in [3.63, 3.8) is 0 Å². The summed E-state index contributed by atoms with van der Waals surface area (Å²) in [5.74, 6) is 0.370. The van der Waals surface area contributed by atoms with Crippen molar-refractivity contribution >= 4 is 15.9 Å². The van der Waals surface area contributed by atoms with Crippen molar-refractivity contribution in [3.8, 4) is 0 Å². The van der Waals surface area contributed by atoms with Gasteiger partial charge in [-0.05, 0) is 50.0 Å². The summed E-state index contributed by atoms with van der Waals surface area (Å²) in [6, 6.07) is 4.74. The van der Waals surface area contributed by atoms with Gasteiger partial charge in [-0.3, -0.25) is 0 Å². The summed E-state index contributed by atoms with van der Waals surface area (Å²) in [6.45, 7) is 2.06. The number of rotatable bonds is 3. The van der Waals surface area contributed by atoms with Crippen molar-refractivity contribution in [2.24, 2.45) is 11.7 Å². The van der Waals surface area contributed by atoms with Crippen molar-refractivity contribution in [2.75, 3.05) is 13.1 Å². The third-order valence-corrected chi connectivity index (χ3v) is 3.60. The van der Waals surface area contributed by atoms with Gasteiger partial charge in [-0.25, -0.2) is 4.39 Å². The lowest BCUT2D eigenvalue weighted by molar-refractivity contribution is 0.459. The van der Waals surface area contributed by atoms with Crippen LogP contribution in [0.4, 0.5) is 4.39 Å². The Balaban J connectivity index is 2.07. The van der Waals surface area contributed by atoms with Gasteiger partial charge in [0.15, 0.2) is 0 Å². The zero-order valence-electron chi connectivity index (χ0n) is 9.05. The number of halogens is 2. The normalized spacial score (nSPS) is 22.3. The van der Waals surface area contributed by atoms with Crippen LogP contribution >= 0.6 is 15.9 Å². The fourth-order valence-electron chi connectivity index (χ4n) is 2.20. The van der Waals surface area contributed by atoms with Crippen molar-refractivity contribution in [1.29, 1.82) is 0 Å². The Morgan fingerprint density at radius 2 is 2.38 bits per heavy atom. The van der Waals surface area contributed by atoms with Gasteiger partial charge in [-0.1, -0.05) is 15.9 Å². The van der Waals surface area contributed by atoms with Crippen LogP contribution in [0, 0.1) is 11.7 Å². The topological polar surface area (TPSA) is 38.0 Å². The highest BCUT2D eigenvalue weighted by Crippen LogP contribution is 2.26. The van der Waals surface area contributed by atoms with Crippen LogP contribution in [-0.2, 0) is 0 Å². The van der Waals surface area contributed by atoms with Gasteiger partial charge in [0.05, 0.1) is 0 Å². The van der Waals surface area contributed by atoms with Crippen LogP contribution in [-0.4, -0.2) is 13.1 Å². The fraction of sp³-hybridized carbons (Fsp3) is 0.500. The average molecular weight is 287 g/mol. The number of benzene rings is 1. The zero-order chi connectivity index (χ0) is 11.5. The third-order valence-electron chi connectivity index (χ3n) is 3.11. The van der Waals surface area contributed by atoms with Crippen LogP contribution in [0.3, 0.4) is 0 Å². The summed E-state index contributed by atoms with van der Waals surface area (Å²) in [5.41, 5.74) is 6.67. The second-order valence-electron chi connectivity index (χ2n) is 4.37.